The molecule has 0 aliphatic carbocycles. The van der Waals surface area contributed by atoms with Crippen LogP contribution in [0, 0.1) is 0 Å². The van der Waals surface area contributed by atoms with Crippen LogP contribution < -0.4 is 5.32 Å². The molecule has 0 saturated carbocycles. The molecule has 1 heterocycles. The third-order valence-corrected chi connectivity index (χ3v) is 2.68. The van der Waals surface area contributed by atoms with E-state index in [4.69, 9.17) is 11.6 Å². The summed E-state index contributed by atoms with van der Waals surface area (Å²) < 4.78 is 0.745. The average Bonchev–Trinajstić information content (AvgIpc) is 2.47. The van der Waals surface area contributed by atoms with Gasteiger partial charge in [0, 0.05) is 19.0 Å². The lowest BCUT2D eigenvalue weighted by molar-refractivity contribution is 0.217. The van der Waals surface area contributed by atoms with Crippen molar-refractivity contribution in [2.75, 3.05) is 14.1 Å². The fraction of sp³-hybridized carbons (Fsp3) is 0.375. The number of urea groups is 1. The Balaban J connectivity index is 2.39. The molecule has 0 aliphatic rings. The van der Waals surface area contributed by atoms with Crippen molar-refractivity contribution in [3.63, 3.8) is 0 Å². The van der Waals surface area contributed by atoms with Crippen molar-refractivity contribution < 1.29 is 4.79 Å². The molecular weight excluding hydrogens is 208 g/mol. The Bertz CT molecular complexity index is 298. The summed E-state index contributed by atoms with van der Waals surface area (Å²) in [6, 6.07) is 3.64. The number of amides is 2. The lowest BCUT2D eigenvalue weighted by atomic mass is 10.5. The summed E-state index contributed by atoms with van der Waals surface area (Å²) in [6.45, 7) is 0.536. The van der Waals surface area contributed by atoms with E-state index < -0.39 is 0 Å². The van der Waals surface area contributed by atoms with Crippen LogP contribution in [0.2, 0.25) is 4.34 Å². The maximum absolute atomic E-state index is 11.1. The van der Waals surface area contributed by atoms with Gasteiger partial charge in [0.05, 0.1) is 10.9 Å². The van der Waals surface area contributed by atoms with Crippen LogP contribution in [0.5, 0.6) is 0 Å². The molecule has 1 aromatic heterocycles. The summed E-state index contributed by atoms with van der Waals surface area (Å²) in [5, 5.41) is 2.75. The Labute approximate surface area is 86.3 Å². The molecule has 0 spiro atoms. The summed E-state index contributed by atoms with van der Waals surface area (Å²) >= 11 is 7.21. The van der Waals surface area contributed by atoms with Gasteiger partial charge in [0.2, 0.25) is 0 Å². The summed E-state index contributed by atoms with van der Waals surface area (Å²) in [6.07, 6.45) is 0. The van der Waals surface area contributed by atoms with E-state index in [1.54, 1.807) is 14.1 Å². The van der Waals surface area contributed by atoms with Gasteiger partial charge in [-0.3, -0.25) is 0 Å². The highest BCUT2D eigenvalue weighted by molar-refractivity contribution is 7.16. The quantitative estimate of drug-likeness (QED) is 0.811. The fourth-order valence-electron chi connectivity index (χ4n) is 0.768. The highest BCUT2D eigenvalue weighted by Crippen LogP contribution is 2.20. The molecule has 3 nitrogen and oxygen atoms in total. The van der Waals surface area contributed by atoms with Gasteiger partial charge in [0.15, 0.2) is 0 Å². The zero-order valence-electron chi connectivity index (χ0n) is 7.50. The largest absolute Gasteiger partial charge is 0.333 e. The van der Waals surface area contributed by atoms with E-state index in [2.05, 4.69) is 5.32 Å². The van der Waals surface area contributed by atoms with Gasteiger partial charge in [-0.15, -0.1) is 11.3 Å². The van der Waals surface area contributed by atoms with E-state index >= 15 is 0 Å². The lowest BCUT2D eigenvalue weighted by Crippen LogP contribution is -2.33. The molecule has 5 heteroatoms. The van der Waals surface area contributed by atoms with Crippen molar-refractivity contribution >= 4 is 29.0 Å². The van der Waals surface area contributed by atoms with E-state index in [-0.39, 0.29) is 6.03 Å². The number of carbonyl (C=O) groups is 1. The molecule has 1 N–H and O–H groups in total. The number of nitrogens with zero attached hydrogens (tertiary/aromatic N) is 1. The third kappa shape index (κ3) is 3.24. The van der Waals surface area contributed by atoms with E-state index in [1.165, 1.54) is 16.2 Å². The van der Waals surface area contributed by atoms with Crippen molar-refractivity contribution in [1.82, 2.24) is 10.2 Å². The van der Waals surface area contributed by atoms with Crippen LogP contribution in [0.3, 0.4) is 0 Å². The Morgan fingerprint density at radius 3 is 2.77 bits per heavy atom. The average molecular weight is 219 g/mol. The first-order valence-electron chi connectivity index (χ1n) is 3.79. The molecule has 0 atom stereocenters. The van der Waals surface area contributed by atoms with Gasteiger partial charge in [-0.25, -0.2) is 4.79 Å². The van der Waals surface area contributed by atoms with Crippen molar-refractivity contribution in [2.24, 2.45) is 0 Å². The van der Waals surface area contributed by atoms with Crippen LogP contribution in [0.1, 0.15) is 4.88 Å². The van der Waals surface area contributed by atoms with Gasteiger partial charge < -0.3 is 10.2 Å². The number of hydrogen-bond donors (Lipinski definition) is 1. The maximum atomic E-state index is 11.1. The Kier molecular flexibility index (Phi) is 3.57. The molecule has 1 rings (SSSR count). The van der Waals surface area contributed by atoms with Crippen LogP contribution in [-0.2, 0) is 6.54 Å². The Hall–Kier alpha value is -0.740. The second-order valence-electron chi connectivity index (χ2n) is 2.76. The first-order chi connectivity index (χ1) is 6.09. The number of nitrogens with one attached hydrogen (secondary N) is 1. The van der Waals surface area contributed by atoms with Gasteiger partial charge in [0.25, 0.3) is 0 Å². The number of rotatable bonds is 2. The summed E-state index contributed by atoms with van der Waals surface area (Å²) in [5.74, 6) is 0. The molecule has 1 aromatic rings. The van der Waals surface area contributed by atoms with E-state index in [0.717, 1.165) is 9.21 Å². The van der Waals surface area contributed by atoms with Crippen LogP contribution in [-0.4, -0.2) is 25.0 Å². The monoisotopic (exact) mass is 218 g/mol. The second-order valence-corrected chi connectivity index (χ2v) is 4.56. The van der Waals surface area contributed by atoms with Crippen LogP contribution in [0.25, 0.3) is 0 Å². The van der Waals surface area contributed by atoms with Gasteiger partial charge in [-0.1, -0.05) is 11.6 Å². The maximum Gasteiger partial charge on any atom is 0.317 e. The molecule has 72 valence electrons. The summed E-state index contributed by atoms with van der Waals surface area (Å²) in [4.78, 5) is 13.7. The van der Waals surface area contributed by atoms with Crippen LogP contribution in [0.4, 0.5) is 4.79 Å². The molecule has 0 unspecified atom stereocenters. The normalized spacial score (nSPS) is 9.77. The highest BCUT2D eigenvalue weighted by Gasteiger charge is 2.03. The van der Waals surface area contributed by atoms with Crippen molar-refractivity contribution in [2.45, 2.75) is 6.54 Å². The fourth-order valence-corrected chi connectivity index (χ4v) is 1.79. The van der Waals surface area contributed by atoms with Gasteiger partial charge in [-0.2, -0.15) is 0 Å². The van der Waals surface area contributed by atoms with E-state index in [9.17, 15) is 4.79 Å². The molecule has 0 aromatic carbocycles. The number of thiophene rings is 1. The molecule has 0 saturated heterocycles. The lowest BCUT2D eigenvalue weighted by Gasteiger charge is -2.10. The SMILES string of the molecule is CN(C)C(=O)NCc1ccc(Cl)s1. The Morgan fingerprint density at radius 2 is 2.31 bits per heavy atom. The van der Waals surface area contributed by atoms with Gasteiger partial charge >= 0.3 is 6.03 Å². The predicted octanol–water partition coefficient (Wildman–Crippen LogP) is 2.17. The van der Waals surface area contributed by atoms with E-state index in [0.29, 0.717) is 6.54 Å². The van der Waals surface area contributed by atoms with E-state index in [1.807, 2.05) is 12.1 Å². The zero-order valence-corrected chi connectivity index (χ0v) is 9.08. The molecule has 0 bridgehead atoms. The number of halogens is 1. The minimum atomic E-state index is -0.0930. The third-order valence-electron chi connectivity index (χ3n) is 1.45. The first-order valence-corrected chi connectivity index (χ1v) is 4.98. The summed E-state index contributed by atoms with van der Waals surface area (Å²) in [7, 11) is 3.41. The second kappa shape index (κ2) is 4.48. The zero-order chi connectivity index (χ0) is 9.84. The smallest absolute Gasteiger partial charge is 0.317 e. The molecular formula is C8H11ClN2OS. The molecule has 13 heavy (non-hydrogen) atoms. The van der Waals surface area contributed by atoms with Crippen LogP contribution >= 0.6 is 22.9 Å². The first kappa shape index (κ1) is 10.3. The van der Waals surface area contributed by atoms with Crippen molar-refractivity contribution in [3.05, 3.63) is 21.3 Å². The molecule has 0 aliphatic heterocycles. The minimum absolute atomic E-state index is 0.0930. The van der Waals surface area contributed by atoms with Crippen molar-refractivity contribution in [3.8, 4) is 0 Å². The van der Waals surface area contributed by atoms with Crippen molar-refractivity contribution in [1.29, 1.82) is 0 Å². The molecule has 0 fully saturated rings. The topological polar surface area (TPSA) is 32.3 Å². The Morgan fingerprint density at radius 1 is 1.62 bits per heavy atom. The van der Waals surface area contributed by atoms with Gasteiger partial charge in [0.1, 0.15) is 0 Å². The summed E-state index contributed by atoms with van der Waals surface area (Å²) in [5.41, 5.74) is 0. The number of hydrogen-bond acceptors (Lipinski definition) is 2. The predicted molar refractivity (Wildman–Crippen MR) is 55.3 cm³/mol. The number of carbonyl (C=O) groups excluding carboxylic acids is 1. The highest BCUT2D eigenvalue weighted by atomic mass is 35.5. The standard InChI is InChI=1S/C8H11ClN2OS/c1-11(2)8(12)10-5-6-3-4-7(9)13-6/h3-4H,5H2,1-2H3,(H,10,12). The molecule has 2 amide bonds. The molecule has 0 radical (unpaired) electrons. The minimum Gasteiger partial charge on any atom is -0.333 e. The van der Waals surface area contributed by atoms with Crippen LogP contribution in [0.15, 0.2) is 12.1 Å². The van der Waals surface area contributed by atoms with Gasteiger partial charge in [-0.05, 0) is 12.1 Å².